The first-order chi connectivity index (χ1) is 11.7. The molecular formula is C20H18N2O2. The Morgan fingerprint density at radius 1 is 0.875 bits per heavy atom. The lowest BCUT2D eigenvalue weighted by Crippen LogP contribution is -2.34. The number of nitrogens with one attached hydrogen (secondary N) is 1. The molecule has 4 nitrogen and oxygen atoms in total. The van der Waals surface area contributed by atoms with Crippen LogP contribution in [0.3, 0.4) is 0 Å². The molecule has 0 bridgehead atoms. The van der Waals surface area contributed by atoms with Crippen molar-refractivity contribution in [3.05, 3.63) is 106 Å². The fourth-order valence-corrected chi connectivity index (χ4v) is 2.63. The minimum atomic E-state index is -0.381. The molecule has 0 aliphatic heterocycles. The van der Waals surface area contributed by atoms with Crippen LogP contribution in [0.25, 0.3) is 0 Å². The Bertz CT molecular complexity index is 847. The number of hydrogen-bond donors (Lipinski definition) is 1. The monoisotopic (exact) mass is 318 g/mol. The third-order valence-electron chi connectivity index (χ3n) is 3.91. The van der Waals surface area contributed by atoms with E-state index in [-0.39, 0.29) is 23.1 Å². The van der Waals surface area contributed by atoms with Gasteiger partial charge in [-0.3, -0.25) is 9.59 Å². The van der Waals surface area contributed by atoms with Gasteiger partial charge in [-0.25, -0.2) is 0 Å². The van der Waals surface area contributed by atoms with Gasteiger partial charge in [-0.1, -0.05) is 60.7 Å². The molecule has 1 heterocycles. The Balaban J connectivity index is 1.97. The molecule has 120 valence electrons. The average Bonchev–Trinajstić information content (AvgIpc) is 2.63. The summed E-state index contributed by atoms with van der Waals surface area (Å²) >= 11 is 0. The molecule has 0 radical (unpaired) electrons. The van der Waals surface area contributed by atoms with Crippen LogP contribution in [0.2, 0.25) is 0 Å². The number of rotatable bonds is 4. The highest BCUT2D eigenvalue weighted by Gasteiger charge is 2.19. The molecule has 0 fully saturated rings. The summed E-state index contributed by atoms with van der Waals surface area (Å²) in [4.78, 5) is 24.8. The second kappa shape index (κ2) is 6.96. The maximum absolute atomic E-state index is 12.7. The van der Waals surface area contributed by atoms with E-state index in [0.29, 0.717) is 0 Å². The van der Waals surface area contributed by atoms with Crippen molar-refractivity contribution in [2.24, 2.45) is 7.05 Å². The summed E-state index contributed by atoms with van der Waals surface area (Å²) in [6.07, 6.45) is 1.63. The van der Waals surface area contributed by atoms with Crippen molar-refractivity contribution in [1.82, 2.24) is 9.88 Å². The summed E-state index contributed by atoms with van der Waals surface area (Å²) in [6, 6.07) is 22.3. The topological polar surface area (TPSA) is 51.1 Å². The van der Waals surface area contributed by atoms with Crippen LogP contribution < -0.4 is 10.9 Å². The highest BCUT2D eigenvalue weighted by atomic mass is 16.2. The minimum Gasteiger partial charge on any atom is -0.341 e. The first kappa shape index (κ1) is 15.7. The second-order valence-corrected chi connectivity index (χ2v) is 5.57. The molecule has 0 saturated carbocycles. The summed E-state index contributed by atoms with van der Waals surface area (Å²) in [7, 11) is 1.63. The number of carbonyl (C=O) groups excluding carboxylic acids is 1. The molecule has 1 aromatic heterocycles. The van der Waals surface area contributed by atoms with Gasteiger partial charge in [0.2, 0.25) is 0 Å². The lowest BCUT2D eigenvalue weighted by molar-refractivity contribution is 0.0941. The fraction of sp³-hybridized carbons (Fsp3) is 0.100. The Morgan fingerprint density at radius 3 is 1.96 bits per heavy atom. The van der Waals surface area contributed by atoms with Crippen LogP contribution in [0.5, 0.6) is 0 Å². The number of hydrogen-bond acceptors (Lipinski definition) is 2. The summed E-state index contributed by atoms with van der Waals surface area (Å²) in [5, 5.41) is 2.98. The van der Waals surface area contributed by atoms with Crippen LogP contribution in [0, 0.1) is 0 Å². The van der Waals surface area contributed by atoms with Crippen LogP contribution in [-0.2, 0) is 7.05 Å². The van der Waals surface area contributed by atoms with Crippen molar-refractivity contribution in [2.75, 3.05) is 0 Å². The lowest BCUT2D eigenvalue weighted by atomic mass is 9.98. The standard InChI is InChI=1S/C20H18N2O2/c1-22-14-8-13-17(20(22)24)19(23)21-18(15-9-4-2-5-10-15)16-11-6-3-7-12-16/h2-14,18H,1H3,(H,21,23). The Morgan fingerprint density at radius 2 is 1.42 bits per heavy atom. The first-order valence-corrected chi connectivity index (χ1v) is 7.73. The van der Waals surface area contributed by atoms with E-state index < -0.39 is 0 Å². The number of pyridine rings is 1. The number of amides is 1. The van der Waals surface area contributed by atoms with E-state index in [1.807, 2.05) is 60.7 Å². The molecule has 1 amide bonds. The van der Waals surface area contributed by atoms with E-state index in [0.717, 1.165) is 11.1 Å². The zero-order valence-corrected chi connectivity index (χ0v) is 13.3. The van der Waals surface area contributed by atoms with Gasteiger partial charge in [0.25, 0.3) is 11.5 Å². The van der Waals surface area contributed by atoms with Crippen molar-refractivity contribution in [1.29, 1.82) is 0 Å². The third-order valence-corrected chi connectivity index (χ3v) is 3.91. The zero-order chi connectivity index (χ0) is 16.9. The molecule has 24 heavy (non-hydrogen) atoms. The number of carbonyl (C=O) groups is 1. The van der Waals surface area contributed by atoms with Gasteiger partial charge in [0.05, 0.1) is 6.04 Å². The summed E-state index contributed by atoms with van der Waals surface area (Å²) < 4.78 is 1.40. The van der Waals surface area contributed by atoms with Gasteiger partial charge in [0.15, 0.2) is 0 Å². The number of aryl methyl sites for hydroxylation is 1. The van der Waals surface area contributed by atoms with Gasteiger partial charge in [-0.15, -0.1) is 0 Å². The van der Waals surface area contributed by atoms with E-state index in [2.05, 4.69) is 5.32 Å². The second-order valence-electron chi connectivity index (χ2n) is 5.57. The predicted octanol–water partition coefficient (Wildman–Crippen LogP) is 2.90. The molecule has 0 spiro atoms. The van der Waals surface area contributed by atoms with E-state index in [9.17, 15) is 9.59 Å². The van der Waals surface area contributed by atoms with Crippen molar-refractivity contribution in [2.45, 2.75) is 6.04 Å². The van der Waals surface area contributed by atoms with E-state index >= 15 is 0 Å². The van der Waals surface area contributed by atoms with E-state index in [1.165, 1.54) is 4.57 Å². The molecule has 3 rings (SSSR count). The molecule has 4 heteroatoms. The van der Waals surface area contributed by atoms with Gasteiger partial charge in [0, 0.05) is 13.2 Å². The quantitative estimate of drug-likeness (QED) is 0.804. The molecule has 0 aliphatic carbocycles. The molecule has 3 aromatic rings. The third kappa shape index (κ3) is 3.27. The van der Waals surface area contributed by atoms with Crippen molar-refractivity contribution in [3.63, 3.8) is 0 Å². The van der Waals surface area contributed by atoms with Crippen LogP contribution in [0.15, 0.2) is 83.8 Å². The zero-order valence-electron chi connectivity index (χ0n) is 13.3. The largest absolute Gasteiger partial charge is 0.341 e. The van der Waals surface area contributed by atoms with E-state index in [1.54, 1.807) is 25.4 Å². The lowest BCUT2D eigenvalue weighted by Gasteiger charge is -2.20. The Labute approximate surface area is 140 Å². The van der Waals surface area contributed by atoms with Crippen LogP contribution in [-0.4, -0.2) is 10.5 Å². The molecule has 1 N–H and O–H groups in total. The van der Waals surface area contributed by atoms with Gasteiger partial charge in [0.1, 0.15) is 5.56 Å². The molecule has 0 unspecified atom stereocenters. The molecule has 0 atom stereocenters. The van der Waals surface area contributed by atoms with Gasteiger partial charge in [-0.2, -0.15) is 0 Å². The van der Waals surface area contributed by atoms with Crippen molar-refractivity contribution in [3.8, 4) is 0 Å². The van der Waals surface area contributed by atoms with E-state index in [4.69, 9.17) is 0 Å². The normalized spacial score (nSPS) is 10.6. The maximum atomic E-state index is 12.7. The highest BCUT2D eigenvalue weighted by Crippen LogP contribution is 2.22. The minimum absolute atomic E-state index is 0.136. The van der Waals surface area contributed by atoms with Crippen molar-refractivity contribution < 1.29 is 4.79 Å². The number of nitrogens with zero attached hydrogens (tertiary/aromatic N) is 1. The number of aromatic nitrogens is 1. The highest BCUT2D eigenvalue weighted by molar-refractivity contribution is 5.94. The molecule has 0 aliphatic rings. The van der Waals surface area contributed by atoms with Gasteiger partial charge in [-0.05, 0) is 23.3 Å². The smallest absolute Gasteiger partial charge is 0.263 e. The molecule has 2 aromatic carbocycles. The molecule has 0 saturated heterocycles. The first-order valence-electron chi connectivity index (χ1n) is 7.73. The summed E-state index contributed by atoms with van der Waals surface area (Å²) in [5.74, 6) is -0.381. The molecular weight excluding hydrogens is 300 g/mol. The fourth-order valence-electron chi connectivity index (χ4n) is 2.63. The maximum Gasteiger partial charge on any atom is 0.263 e. The van der Waals surface area contributed by atoms with Gasteiger partial charge < -0.3 is 9.88 Å². The summed E-state index contributed by atoms with van der Waals surface area (Å²) in [6.45, 7) is 0. The van der Waals surface area contributed by atoms with Crippen LogP contribution in [0.4, 0.5) is 0 Å². The average molecular weight is 318 g/mol. The SMILES string of the molecule is Cn1cccc(C(=O)NC(c2ccccc2)c2ccccc2)c1=O. The Kier molecular flexibility index (Phi) is 4.57. The number of benzene rings is 2. The Hall–Kier alpha value is -3.14. The van der Waals surface area contributed by atoms with Crippen molar-refractivity contribution >= 4 is 5.91 Å². The van der Waals surface area contributed by atoms with Gasteiger partial charge >= 0.3 is 0 Å². The van der Waals surface area contributed by atoms with Crippen LogP contribution >= 0.6 is 0 Å². The summed E-state index contributed by atoms with van der Waals surface area (Å²) in [5.41, 5.74) is 1.75. The predicted molar refractivity (Wildman–Crippen MR) is 93.9 cm³/mol. The van der Waals surface area contributed by atoms with Crippen LogP contribution in [0.1, 0.15) is 27.5 Å².